The SMILES string of the molecule is COc1ccccc1Oc1ccc(C(=O)O)cc1. The van der Waals surface area contributed by atoms with Crippen molar-refractivity contribution < 1.29 is 19.4 Å². The Hall–Kier alpha value is -2.49. The van der Waals surface area contributed by atoms with Gasteiger partial charge >= 0.3 is 5.97 Å². The molecular formula is C14H12O4. The van der Waals surface area contributed by atoms with Gasteiger partial charge in [-0.05, 0) is 36.4 Å². The van der Waals surface area contributed by atoms with Crippen LogP contribution >= 0.6 is 0 Å². The second kappa shape index (κ2) is 5.23. The predicted molar refractivity (Wildman–Crippen MR) is 66.5 cm³/mol. The molecule has 0 saturated heterocycles. The van der Waals surface area contributed by atoms with Gasteiger partial charge in [-0.3, -0.25) is 0 Å². The summed E-state index contributed by atoms with van der Waals surface area (Å²) in [6.45, 7) is 0. The number of benzene rings is 2. The van der Waals surface area contributed by atoms with Crippen molar-refractivity contribution in [2.24, 2.45) is 0 Å². The van der Waals surface area contributed by atoms with E-state index in [0.29, 0.717) is 17.2 Å². The number of rotatable bonds is 4. The number of para-hydroxylation sites is 2. The minimum atomic E-state index is -0.959. The van der Waals surface area contributed by atoms with Gasteiger partial charge in [0, 0.05) is 0 Å². The van der Waals surface area contributed by atoms with Gasteiger partial charge in [0.15, 0.2) is 11.5 Å². The van der Waals surface area contributed by atoms with Crippen molar-refractivity contribution in [3.05, 3.63) is 54.1 Å². The van der Waals surface area contributed by atoms with Crippen molar-refractivity contribution in [3.63, 3.8) is 0 Å². The number of carboxylic acid groups (broad SMARTS) is 1. The molecule has 0 aliphatic carbocycles. The van der Waals surface area contributed by atoms with Crippen molar-refractivity contribution in [2.45, 2.75) is 0 Å². The van der Waals surface area contributed by atoms with Crippen LogP contribution in [0.4, 0.5) is 0 Å². The summed E-state index contributed by atoms with van der Waals surface area (Å²) < 4.78 is 10.8. The van der Waals surface area contributed by atoms with Crippen molar-refractivity contribution in [1.29, 1.82) is 0 Å². The van der Waals surface area contributed by atoms with Crippen LogP contribution in [0.2, 0.25) is 0 Å². The number of aromatic carboxylic acids is 1. The molecule has 0 atom stereocenters. The topological polar surface area (TPSA) is 55.8 Å². The Bertz CT molecular complexity index is 546. The van der Waals surface area contributed by atoms with Crippen LogP contribution in [-0.2, 0) is 0 Å². The molecule has 2 rings (SSSR count). The van der Waals surface area contributed by atoms with E-state index in [2.05, 4.69) is 0 Å². The van der Waals surface area contributed by atoms with Crippen LogP contribution in [0.25, 0.3) is 0 Å². The summed E-state index contributed by atoms with van der Waals surface area (Å²) >= 11 is 0. The molecule has 0 bridgehead atoms. The fraction of sp³-hybridized carbons (Fsp3) is 0.0714. The molecule has 0 unspecified atom stereocenters. The number of ether oxygens (including phenoxy) is 2. The Balaban J connectivity index is 2.21. The molecule has 18 heavy (non-hydrogen) atoms. The number of methoxy groups -OCH3 is 1. The van der Waals surface area contributed by atoms with Gasteiger partial charge in [-0.15, -0.1) is 0 Å². The molecule has 0 spiro atoms. The lowest BCUT2D eigenvalue weighted by Crippen LogP contribution is -1.95. The monoisotopic (exact) mass is 244 g/mol. The molecule has 92 valence electrons. The van der Waals surface area contributed by atoms with E-state index < -0.39 is 5.97 Å². The third-order valence-electron chi connectivity index (χ3n) is 2.40. The molecule has 0 radical (unpaired) electrons. The van der Waals surface area contributed by atoms with E-state index in [0.717, 1.165) is 0 Å². The number of carbonyl (C=O) groups is 1. The summed E-state index contributed by atoms with van der Waals surface area (Å²) in [5.74, 6) is 0.811. The van der Waals surface area contributed by atoms with Crippen LogP contribution in [-0.4, -0.2) is 18.2 Å². The maximum atomic E-state index is 10.7. The van der Waals surface area contributed by atoms with Crippen molar-refractivity contribution >= 4 is 5.97 Å². The lowest BCUT2D eigenvalue weighted by Gasteiger charge is -2.09. The van der Waals surface area contributed by atoms with Gasteiger partial charge in [-0.2, -0.15) is 0 Å². The second-order valence-corrected chi connectivity index (χ2v) is 3.58. The molecule has 0 heterocycles. The van der Waals surface area contributed by atoms with E-state index in [1.165, 1.54) is 12.1 Å². The Morgan fingerprint density at radius 3 is 2.17 bits per heavy atom. The van der Waals surface area contributed by atoms with Crippen molar-refractivity contribution in [1.82, 2.24) is 0 Å². The summed E-state index contributed by atoms with van der Waals surface area (Å²) in [6, 6.07) is 13.5. The van der Waals surface area contributed by atoms with Crippen LogP contribution in [0, 0.1) is 0 Å². The first-order chi connectivity index (χ1) is 8.70. The molecule has 4 heteroatoms. The molecule has 2 aromatic carbocycles. The fourth-order valence-corrected chi connectivity index (χ4v) is 1.50. The highest BCUT2D eigenvalue weighted by Gasteiger charge is 2.06. The lowest BCUT2D eigenvalue weighted by atomic mass is 10.2. The highest BCUT2D eigenvalue weighted by Crippen LogP contribution is 2.30. The number of carboxylic acids is 1. The molecule has 0 saturated carbocycles. The summed E-state index contributed by atoms with van der Waals surface area (Å²) in [5, 5.41) is 8.79. The maximum absolute atomic E-state index is 10.7. The fourth-order valence-electron chi connectivity index (χ4n) is 1.50. The molecule has 0 aliphatic heterocycles. The average Bonchev–Trinajstić information content (AvgIpc) is 2.40. The molecule has 0 amide bonds. The Labute approximate surface area is 104 Å². The molecule has 0 aliphatic rings. The van der Waals surface area contributed by atoms with Crippen molar-refractivity contribution in [3.8, 4) is 17.2 Å². The van der Waals surface area contributed by atoms with Gasteiger partial charge < -0.3 is 14.6 Å². The largest absolute Gasteiger partial charge is 0.493 e. The molecule has 4 nitrogen and oxygen atoms in total. The molecule has 0 fully saturated rings. The standard InChI is InChI=1S/C14H12O4/c1-17-12-4-2-3-5-13(12)18-11-8-6-10(7-9-11)14(15)16/h2-9H,1H3,(H,15,16). The van der Waals surface area contributed by atoms with Crippen LogP contribution in [0.15, 0.2) is 48.5 Å². The quantitative estimate of drug-likeness (QED) is 0.897. The first-order valence-corrected chi connectivity index (χ1v) is 5.35. The Kier molecular flexibility index (Phi) is 3.48. The summed E-state index contributed by atoms with van der Waals surface area (Å²) in [5.41, 5.74) is 0.224. The van der Waals surface area contributed by atoms with Crippen LogP contribution in [0.3, 0.4) is 0 Å². The molecular weight excluding hydrogens is 232 g/mol. The van der Waals surface area contributed by atoms with Gasteiger partial charge in [-0.25, -0.2) is 4.79 Å². The van der Waals surface area contributed by atoms with Gasteiger partial charge in [0.2, 0.25) is 0 Å². The van der Waals surface area contributed by atoms with Gasteiger partial charge in [0.25, 0.3) is 0 Å². The van der Waals surface area contributed by atoms with Gasteiger partial charge in [0.1, 0.15) is 5.75 Å². The second-order valence-electron chi connectivity index (χ2n) is 3.58. The Morgan fingerprint density at radius 2 is 1.61 bits per heavy atom. The van der Waals surface area contributed by atoms with Crippen LogP contribution in [0.1, 0.15) is 10.4 Å². The summed E-state index contributed by atoms with van der Waals surface area (Å²) in [7, 11) is 1.57. The van der Waals surface area contributed by atoms with Gasteiger partial charge in [0.05, 0.1) is 12.7 Å². The molecule has 0 aromatic heterocycles. The Morgan fingerprint density at radius 1 is 1.00 bits per heavy atom. The minimum absolute atomic E-state index is 0.224. The lowest BCUT2D eigenvalue weighted by molar-refractivity contribution is 0.0697. The average molecular weight is 244 g/mol. The predicted octanol–water partition coefficient (Wildman–Crippen LogP) is 3.19. The van der Waals surface area contributed by atoms with Gasteiger partial charge in [-0.1, -0.05) is 12.1 Å². The van der Waals surface area contributed by atoms with E-state index in [4.69, 9.17) is 14.6 Å². The third kappa shape index (κ3) is 2.60. The van der Waals surface area contributed by atoms with E-state index in [9.17, 15) is 4.79 Å². The number of hydrogen-bond donors (Lipinski definition) is 1. The van der Waals surface area contributed by atoms with Crippen LogP contribution in [0.5, 0.6) is 17.2 Å². The zero-order valence-corrected chi connectivity index (χ0v) is 9.79. The minimum Gasteiger partial charge on any atom is -0.493 e. The first kappa shape index (κ1) is 12.0. The normalized spacial score (nSPS) is 9.83. The molecule has 2 aromatic rings. The first-order valence-electron chi connectivity index (χ1n) is 5.35. The van der Waals surface area contributed by atoms with E-state index >= 15 is 0 Å². The number of hydrogen-bond acceptors (Lipinski definition) is 3. The van der Waals surface area contributed by atoms with E-state index in [1.54, 1.807) is 31.4 Å². The summed E-state index contributed by atoms with van der Waals surface area (Å²) in [6.07, 6.45) is 0. The third-order valence-corrected chi connectivity index (χ3v) is 2.40. The zero-order valence-electron chi connectivity index (χ0n) is 9.79. The van der Waals surface area contributed by atoms with E-state index in [1.807, 2.05) is 12.1 Å². The zero-order chi connectivity index (χ0) is 13.0. The maximum Gasteiger partial charge on any atom is 0.335 e. The highest BCUT2D eigenvalue weighted by molar-refractivity contribution is 5.87. The smallest absolute Gasteiger partial charge is 0.335 e. The van der Waals surface area contributed by atoms with E-state index in [-0.39, 0.29) is 5.56 Å². The highest BCUT2D eigenvalue weighted by atomic mass is 16.5. The van der Waals surface area contributed by atoms with Crippen molar-refractivity contribution in [2.75, 3.05) is 7.11 Å². The van der Waals surface area contributed by atoms with Crippen LogP contribution < -0.4 is 9.47 Å². The molecule has 1 N–H and O–H groups in total. The summed E-state index contributed by atoms with van der Waals surface area (Å²) in [4.78, 5) is 10.7.